The Morgan fingerprint density at radius 2 is 1.96 bits per heavy atom. The van der Waals surface area contributed by atoms with Crippen molar-refractivity contribution in [3.63, 3.8) is 0 Å². The van der Waals surface area contributed by atoms with Crippen LogP contribution in [-0.2, 0) is 21.8 Å². The number of benzene rings is 1. The van der Waals surface area contributed by atoms with Crippen LogP contribution in [0.25, 0.3) is 0 Å². The average molecular weight is 376 g/mol. The van der Waals surface area contributed by atoms with E-state index in [2.05, 4.69) is 10.00 Å². The molecule has 140 valence electrons. The molecule has 0 N–H and O–H groups in total. The quantitative estimate of drug-likeness (QED) is 0.806. The predicted molar refractivity (Wildman–Crippen MR) is 98.9 cm³/mol. The summed E-state index contributed by atoms with van der Waals surface area (Å²) in [7, 11) is -1.89. The summed E-state index contributed by atoms with van der Waals surface area (Å²) in [5.74, 6) is 0.163. The van der Waals surface area contributed by atoms with Crippen molar-refractivity contribution < 1.29 is 13.2 Å². The van der Waals surface area contributed by atoms with Crippen molar-refractivity contribution in [1.82, 2.24) is 14.7 Å². The van der Waals surface area contributed by atoms with Crippen molar-refractivity contribution in [1.29, 1.82) is 0 Å². The molecule has 7 nitrogen and oxygen atoms in total. The maximum Gasteiger partial charge on any atom is 0.267 e. The molecule has 2 aromatic rings. The lowest BCUT2D eigenvalue weighted by molar-refractivity contribution is 0.0357. The smallest absolute Gasteiger partial charge is 0.267 e. The minimum Gasteiger partial charge on any atom is -0.379 e. The Kier molecular flexibility index (Phi) is 4.50. The van der Waals surface area contributed by atoms with Crippen molar-refractivity contribution in [3.8, 4) is 0 Å². The van der Waals surface area contributed by atoms with Crippen LogP contribution in [0.2, 0.25) is 0 Å². The fourth-order valence-corrected chi connectivity index (χ4v) is 5.62. The highest BCUT2D eigenvalue weighted by Crippen LogP contribution is 2.40. The van der Waals surface area contributed by atoms with E-state index in [-0.39, 0.29) is 10.8 Å². The zero-order valence-electron chi connectivity index (χ0n) is 15.1. The molecule has 1 aromatic carbocycles. The van der Waals surface area contributed by atoms with Crippen molar-refractivity contribution in [2.45, 2.75) is 17.7 Å². The molecule has 1 saturated heterocycles. The van der Waals surface area contributed by atoms with E-state index in [1.165, 1.54) is 0 Å². The second kappa shape index (κ2) is 6.68. The van der Waals surface area contributed by atoms with Crippen LogP contribution < -0.4 is 4.31 Å². The fraction of sp³-hybridized carbons (Fsp3) is 0.500. The van der Waals surface area contributed by atoms with Crippen LogP contribution in [0.15, 0.2) is 35.4 Å². The van der Waals surface area contributed by atoms with Gasteiger partial charge in [-0.2, -0.15) is 5.10 Å². The molecule has 26 heavy (non-hydrogen) atoms. The lowest BCUT2D eigenvalue weighted by Gasteiger charge is -2.29. The van der Waals surface area contributed by atoms with Crippen molar-refractivity contribution in [2.75, 3.05) is 43.7 Å². The Morgan fingerprint density at radius 1 is 1.23 bits per heavy atom. The molecule has 1 aromatic heterocycles. The summed E-state index contributed by atoms with van der Waals surface area (Å²) in [6.07, 6.45) is 1.59. The van der Waals surface area contributed by atoms with Crippen LogP contribution in [-0.4, -0.2) is 62.5 Å². The number of sulfonamides is 1. The molecule has 0 saturated carbocycles. The second-order valence-electron chi connectivity index (χ2n) is 6.96. The average Bonchev–Trinajstić information content (AvgIpc) is 3.17. The first-order valence-electron chi connectivity index (χ1n) is 8.89. The number of hydrogen-bond acceptors (Lipinski definition) is 5. The third-order valence-electron chi connectivity index (χ3n) is 5.15. The second-order valence-corrected chi connectivity index (χ2v) is 8.79. The zero-order chi connectivity index (χ0) is 18.3. The molecule has 0 bridgehead atoms. The number of morpholine rings is 1. The summed E-state index contributed by atoms with van der Waals surface area (Å²) in [5.41, 5.74) is 2.42. The first-order chi connectivity index (χ1) is 12.5. The van der Waals surface area contributed by atoms with E-state index in [1.54, 1.807) is 29.2 Å². The van der Waals surface area contributed by atoms with Gasteiger partial charge < -0.3 is 4.74 Å². The van der Waals surface area contributed by atoms with Crippen molar-refractivity contribution >= 4 is 15.7 Å². The highest BCUT2D eigenvalue weighted by molar-refractivity contribution is 7.93. The maximum atomic E-state index is 13.3. The molecule has 1 atom stereocenters. The third kappa shape index (κ3) is 3.02. The molecule has 2 aliphatic rings. The lowest BCUT2D eigenvalue weighted by Crippen LogP contribution is -2.40. The van der Waals surface area contributed by atoms with E-state index < -0.39 is 10.0 Å². The van der Waals surface area contributed by atoms with Gasteiger partial charge in [0.15, 0.2) is 0 Å². The van der Waals surface area contributed by atoms with Gasteiger partial charge in [-0.3, -0.25) is 13.9 Å². The van der Waals surface area contributed by atoms with Crippen LogP contribution >= 0.6 is 0 Å². The van der Waals surface area contributed by atoms with Gasteiger partial charge in [-0.1, -0.05) is 18.2 Å². The first-order valence-corrected chi connectivity index (χ1v) is 10.3. The fourth-order valence-electron chi connectivity index (χ4n) is 3.89. The number of para-hydroxylation sites is 1. The number of rotatable bonds is 4. The van der Waals surface area contributed by atoms with Crippen molar-refractivity contribution in [2.24, 2.45) is 7.05 Å². The number of fused-ring (bicyclic) bond motifs is 1. The molecule has 0 unspecified atom stereocenters. The summed E-state index contributed by atoms with van der Waals surface area (Å²) in [5, 5.41) is 4.21. The summed E-state index contributed by atoms with van der Waals surface area (Å²) in [4.78, 5) is 2.64. The Hall–Kier alpha value is -1.90. The summed E-state index contributed by atoms with van der Waals surface area (Å²) in [6.45, 7) is 6.32. The topological polar surface area (TPSA) is 67.7 Å². The molecule has 3 heterocycles. The molecule has 8 heteroatoms. The van der Waals surface area contributed by atoms with Crippen molar-refractivity contribution in [3.05, 3.63) is 41.7 Å². The molecular formula is C18H24N4O3S. The summed E-state index contributed by atoms with van der Waals surface area (Å²) < 4.78 is 35.1. The van der Waals surface area contributed by atoms with Gasteiger partial charge in [0.1, 0.15) is 4.90 Å². The first kappa shape index (κ1) is 17.5. The minimum absolute atomic E-state index is 0.163. The van der Waals surface area contributed by atoms with Gasteiger partial charge in [0.2, 0.25) is 0 Å². The normalized spacial score (nSPS) is 21.2. The van der Waals surface area contributed by atoms with E-state index >= 15 is 0 Å². The summed E-state index contributed by atoms with van der Waals surface area (Å²) >= 11 is 0. The molecular weight excluding hydrogens is 352 g/mol. The number of aromatic nitrogens is 2. The Balaban J connectivity index is 1.66. The van der Waals surface area contributed by atoms with Crippen LogP contribution in [0, 0.1) is 6.92 Å². The van der Waals surface area contributed by atoms with E-state index in [0.717, 1.165) is 44.1 Å². The lowest BCUT2D eigenvalue weighted by atomic mass is 10.0. The molecule has 0 spiro atoms. The Bertz CT molecular complexity index is 903. The standard InChI is InChI=1S/C18H24N4O3S/c1-14-18(13-20(2)19-14)26(23,24)22-12-15(11-21-7-9-25-10-8-21)16-5-3-4-6-17(16)22/h3-6,13,15H,7-12H2,1-2H3/t15-/m1/s1. The van der Waals surface area contributed by atoms with Gasteiger partial charge in [0, 0.05) is 45.3 Å². The molecule has 0 aliphatic carbocycles. The monoisotopic (exact) mass is 376 g/mol. The van der Waals surface area contributed by atoms with E-state index in [4.69, 9.17) is 4.74 Å². The van der Waals surface area contributed by atoms with Gasteiger partial charge in [-0.05, 0) is 18.6 Å². The number of aryl methyl sites for hydroxylation is 2. The third-order valence-corrected chi connectivity index (χ3v) is 7.03. The number of anilines is 1. The van der Waals surface area contributed by atoms with Gasteiger partial charge in [-0.15, -0.1) is 0 Å². The highest BCUT2D eigenvalue weighted by atomic mass is 32.2. The van der Waals surface area contributed by atoms with E-state index in [9.17, 15) is 8.42 Å². The number of nitrogens with zero attached hydrogens (tertiary/aromatic N) is 4. The SMILES string of the molecule is Cc1nn(C)cc1S(=O)(=O)N1C[C@@H](CN2CCOCC2)c2ccccc21. The van der Waals surface area contributed by atoms with Crippen LogP contribution in [0.3, 0.4) is 0 Å². The number of ether oxygens (including phenoxy) is 1. The maximum absolute atomic E-state index is 13.3. The number of hydrogen-bond donors (Lipinski definition) is 0. The Labute approximate surface area is 154 Å². The highest BCUT2D eigenvalue weighted by Gasteiger charge is 2.38. The summed E-state index contributed by atoms with van der Waals surface area (Å²) in [6, 6.07) is 7.83. The van der Waals surface area contributed by atoms with Crippen LogP contribution in [0.4, 0.5) is 5.69 Å². The minimum atomic E-state index is -3.63. The van der Waals surface area contributed by atoms with E-state index in [1.807, 2.05) is 24.3 Å². The molecule has 4 rings (SSSR count). The zero-order valence-corrected chi connectivity index (χ0v) is 15.9. The van der Waals surface area contributed by atoms with Gasteiger partial charge in [0.05, 0.1) is 24.6 Å². The molecule has 2 aliphatic heterocycles. The van der Waals surface area contributed by atoms with Crippen LogP contribution in [0.1, 0.15) is 17.2 Å². The van der Waals surface area contributed by atoms with Gasteiger partial charge in [-0.25, -0.2) is 8.42 Å². The predicted octanol–water partition coefficient (Wildman–Crippen LogP) is 1.35. The Morgan fingerprint density at radius 3 is 2.65 bits per heavy atom. The van der Waals surface area contributed by atoms with Crippen LogP contribution in [0.5, 0.6) is 0 Å². The molecule has 0 amide bonds. The molecule has 1 fully saturated rings. The molecule has 0 radical (unpaired) electrons. The van der Waals surface area contributed by atoms with Gasteiger partial charge in [0.25, 0.3) is 10.0 Å². The largest absolute Gasteiger partial charge is 0.379 e. The van der Waals surface area contributed by atoms with Gasteiger partial charge >= 0.3 is 0 Å². The van der Waals surface area contributed by atoms with E-state index in [0.29, 0.717) is 12.2 Å².